The van der Waals surface area contributed by atoms with Crippen molar-refractivity contribution in [3.8, 4) is 11.5 Å². The van der Waals surface area contributed by atoms with Gasteiger partial charge < -0.3 is 19.9 Å². The number of benzene rings is 3. The number of nitrogens with one attached hydrogen (secondary N) is 1. The van der Waals surface area contributed by atoms with Gasteiger partial charge in [-0.1, -0.05) is 18.2 Å². The van der Waals surface area contributed by atoms with E-state index < -0.39 is 35.4 Å². The maximum atomic E-state index is 13.4. The van der Waals surface area contributed by atoms with E-state index in [1.165, 1.54) is 36.4 Å². The van der Waals surface area contributed by atoms with E-state index in [1.807, 2.05) is 0 Å². The number of carboxylic acids is 1. The quantitative estimate of drug-likeness (QED) is 0.265. The Morgan fingerprint density at radius 2 is 1.85 bits per heavy atom. The van der Waals surface area contributed by atoms with Crippen molar-refractivity contribution in [1.29, 1.82) is 0 Å². The highest BCUT2D eigenvalue weighted by atomic mass is 79.9. The number of nitrogens with zero attached hydrogens (tertiary/aromatic N) is 1. The van der Waals surface area contributed by atoms with Crippen molar-refractivity contribution in [1.82, 2.24) is 4.90 Å². The molecule has 0 atom stereocenters. The number of rotatable bonds is 10. The van der Waals surface area contributed by atoms with E-state index in [4.69, 9.17) is 14.6 Å². The molecule has 9 nitrogen and oxygen atoms in total. The molecule has 1 heterocycles. The third-order valence-electron chi connectivity index (χ3n) is 5.50. The monoisotopic (exact) mass is 628 g/mol. The normalized spacial score (nSPS) is 14.0. The Balaban J connectivity index is 1.48. The molecule has 1 aliphatic rings. The van der Waals surface area contributed by atoms with Crippen LogP contribution in [0.5, 0.6) is 11.5 Å². The number of thioether (sulfide) groups is 1. The fourth-order valence-corrected chi connectivity index (χ4v) is 5.08. The van der Waals surface area contributed by atoms with Gasteiger partial charge in [-0.3, -0.25) is 19.3 Å². The Bertz CT molecular complexity index is 1510. The Kier molecular flexibility index (Phi) is 9.22. The van der Waals surface area contributed by atoms with E-state index in [9.17, 15) is 23.6 Å². The van der Waals surface area contributed by atoms with E-state index >= 15 is 0 Å². The smallest absolute Gasteiger partial charge is 0.335 e. The summed E-state index contributed by atoms with van der Waals surface area (Å²) in [5.41, 5.74) is 1.67. The van der Waals surface area contributed by atoms with Crippen LogP contribution in [0.4, 0.5) is 14.9 Å². The van der Waals surface area contributed by atoms with Crippen molar-refractivity contribution in [3.05, 3.63) is 92.5 Å². The number of halogens is 2. The van der Waals surface area contributed by atoms with Crippen molar-refractivity contribution >= 4 is 62.5 Å². The van der Waals surface area contributed by atoms with Gasteiger partial charge >= 0.3 is 5.97 Å². The zero-order valence-corrected chi connectivity index (χ0v) is 23.4. The van der Waals surface area contributed by atoms with Crippen LogP contribution in [0.25, 0.3) is 6.08 Å². The lowest BCUT2D eigenvalue weighted by Crippen LogP contribution is -2.36. The second-order valence-electron chi connectivity index (χ2n) is 8.38. The lowest BCUT2D eigenvalue weighted by atomic mass is 10.1. The van der Waals surface area contributed by atoms with Crippen molar-refractivity contribution in [2.45, 2.75) is 13.5 Å². The van der Waals surface area contributed by atoms with Gasteiger partial charge in [-0.2, -0.15) is 0 Å². The average molecular weight is 629 g/mol. The summed E-state index contributed by atoms with van der Waals surface area (Å²) in [5, 5.41) is 10.9. The summed E-state index contributed by atoms with van der Waals surface area (Å²) in [7, 11) is 0. The zero-order valence-electron chi connectivity index (χ0n) is 21.0. The summed E-state index contributed by atoms with van der Waals surface area (Å²) >= 11 is 4.17. The van der Waals surface area contributed by atoms with Crippen LogP contribution in [-0.2, 0) is 16.2 Å². The maximum Gasteiger partial charge on any atom is 0.335 e. The fourth-order valence-electron chi connectivity index (χ4n) is 3.67. The standard InChI is InChI=1S/C28H22BrFN2O7S/c1-2-38-22-11-17(10-21(29)25(22)39-15-16-6-8-18(9-7-16)27(35)36)12-23-26(34)32(28(37)40-23)14-24(33)31-20-5-3-4-19(30)13-20/h3-13H,2,14-15H2,1H3,(H,31,33)(H,35,36)/b23-12+. The van der Waals surface area contributed by atoms with E-state index in [1.54, 1.807) is 31.2 Å². The third-order valence-corrected chi connectivity index (χ3v) is 6.99. The molecule has 1 aliphatic heterocycles. The lowest BCUT2D eigenvalue weighted by Gasteiger charge is -2.15. The van der Waals surface area contributed by atoms with Gasteiger partial charge in [-0.25, -0.2) is 9.18 Å². The molecule has 0 aliphatic carbocycles. The minimum absolute atomic E-state index is 0.116. The SMILES string of the molecule is CCOc1cc(/C=C2/SC(=O)N(CC(=O)Nc3cccc(F)c3)C2=O)cc(Br)c1OCc1ccc(C(=O)O)cc1. The Labute approximate surface area is 241 Å². The third kappa shape index (κ3) is 7.07. The summed E-state index contributed by atoms with van der Waals surface area (Å²) in [6, 6.07) is 14.9. The molecule has 0 spiro atoms. The molecule has 0 saturated carbocycles. The predicted molar refractivity (Wildman–Crippen MR) is 151 cm³/mol. The first-order valence-corrected chi connectivity index (χ1v) is 13.5. The molecule has 1 saturated heterocycles. The maximum absolute atomic E-state index is 13.4. The molecule has 1 fully saturated rings. The largest absolute Gasteiger partial charge is 0.490 e. The Morgan fingerprint density at radius 3 is 2.52 bits per heavy atom. The van der Waals surface area contributed by atoms with E-state index in [0.717, 1.165) is 16.5 Å². The van der Waals surface area contributed by atoms with Crippen molar-refractivity contribution < 1.29 is 38.1 Å². The molecule has 3 aromatic rings. The molecule has 206 valence electrons. The molecule has 0 radical (unpaired) electrons. The Hall–Kier alpha value is -4.16. The van der Waals surface area contributed by atoms with Gasteiger partial charge in [-0.15, -0.1) is 0 Å². The molecular weight excluding hydrogens is 607 g/mol. The van der Waals surface area contributed by atoms with E-state index in [0.29, 0.717) is 39.9 Å². The number of anilines is 1. The second kappa shape index (κ2) is 12.8. The van der Waals surface area contributed by atoms with Crippen LogP contribution in [0.1, 0.15) is 28.4 Å². The molecule has 12 heteroatoms. The first kappa shape index (κ1) is 28.8. The highest BCUT2D eigenvalue weighted by Gasteiger charge is 2.36. The average Bonchev–Trinajstić information content (AvgIpc) is 3.15. The molecule has 3 aromatic carbocycles. The van der Waals surface area contributed by atoms with Crippen molar-refractivity contribution in [2.75, 3.05) is 18.5 Å². The van der Waals surface area contributed by atoms with Crippen LogP contribution in [0.15, 0.2) is 70.0 Å². The molecule has 40 heavy (non-hydrogen) atoms. The highest BCUT2D eigenvalue weighted by Crippen LogP contribution is 2.39. The van der Waals surface area contributed by atoms with Crippen LogP contribution >= 0.6 is 27.7 Å². The van der Waals surface area contributed by atoms with Crippen molar-refractivity contribution in [3.63, 3.8) is 0 Å². The second-order valence-corrected chi connectivity index (χ2v) is 10.2. The van der Waals surface area contributed by atoms with Gasteiger partial charge in [0.2, 0.25) is 5.91 Å². The topological polar surface area (TPSA) is 122 Å². The number of carbonyl (C=O) groups excluding carboxylic acids is 3. The summed E-state index contributed by atoms with van der Waals surface area (Å²) in [6.07, 6.45) is 1.51. The predicted octanol–water partition coefficient (Wildman–Crippen LogP) is 5.94. The number of carboxylic acid groups (broad SMARTS) is 1. The first-order chi connectivity index (χ1) is 19.1. The lowest BCUT2D eigenvalue weighted by molar-refractivity contribution is -0.127. The zero-order chi connectivity index (χ0) is 28.8. The number of carbonyl (C=O) groups is 4. The van der Waals surface area contributed by atoms with Crippen LogP contribution in [0.2, 0.25) is 0 Å². The minimum atomic E-state index is -1.02. The molecule has 4 rings (SSSR count). The number of ether oxygens (including phenoxy) is 2. The van der Waals surface area contributed by atoms with E-state index in [-0.39, 0.29) is 22.8 Å². The summed E-state index contributed by atoms with van der Waals surface area (Å²) in [5.74, 6) is -2.04. The van der Waals surface area contributed by atoms with Gasteiger partial charge in [0.25, 0.3) is 11.1 Å². The van der Waals surface area contributed by atoms with Crippen LogP contribution < -0.4 is 14.8 Å². The summed E-state index contributed by atoms with van der Waals surface area (Å²) in [4.78, 5) is 49.8. The number of hydrogen-bond donors (Lipinski definition) is 2. The minimum Gasteiger partial charge on any atom is -0.490 e. The van der Waals surface area contributed by atoms with Crippen LogP contribution in [0.3, 0.4) is 0 Å². The van der Waals surface area contributed by atoms with Gasteiger partial charge in [-0.05, 0) is 94.3 Å². The van der Waals surface area contributed by atoms with Crippen LogP contribution in [0, 0.1) is 5.82 Å². The number of hydrogen-bond acceptors (Lipinski definition) is 7. The van der Waals surface area contributed by atoms with Crippen LogP contribution in [-0.4, -0.2) is 46.2 Å². The van der Waals surface area contributed by atoms with Crippen molar-refractivity contribution in [2.24, 2.45) is 0 Å². The van der Waals surface area contributed by atoms with Gasteiger partial charge in [0, 0.05) is 5.69 Å². The molecule has 0 aromatic heterocycles. The van der Waals surface area contributed by atoms with Gasteiger partial charge in [0.15, 0.2) is 11.5 Å². The summed E-state index contributed by atoms with van der Waals surface area (Å²) < 4.78 is 25.6. The highest BCUT2D eigenvalue weighted by molar-refractivity contribution is 9.10. The fraction of sp³-hybridized carbons (Fsp3) is 0.143. The Morgan fingerprint density at radius 1 is 1.10 bits per heavy atom. The van der Waals surface area contributed by atoms with Gasteiger partial charge in [0.1, 0.15) is 19.0 Å². The molecular formula is C28H22BrFN2O7S. The molecule has 0 bridgehead atoms. The van der Waals surface area contributed by atoms with Gasteiger partial charge in [0.05, 0.1) is 21.5 Å². The first-order valence-electron chi connectivity index (χ1n) is 11.9. The van der Waals surface area contributed by atoms with E-state index in [2.05, 4.69) is 21.2 Å². The number of aromatic carboxylic acids is 1. The molecule has 3 amide bonds. The molecule has 2 N–H and O–H groups in total. The number of amides is 3. The number of imide groups is 1. The molecule has 0 unspecified atom stereocenters. The summed E-state index contributed by atoms with van der Waals surface area (Å²) in [6.45, 7) is 1.76.